The third-order valence-corrected chi connectivity index (χ3v) is 5.67. The topological polar surface area (TPSA) is 49.4 Å². The lowest BCUT2D eigenvalue weighted by Gasteiger charge is -2.28. The van der Waals surface area contributed by atoms with E-state index >= 15 is 0 Å². The summed E-state index contributed by atoms with van der Waals surface area (Å²) in [5.74, 6) is -1.49. The third kappa shape index (κ3) is 3.99. The molecule has 4 nitrogen and oxygen atoms in total. The van der Waals surface area contributed by atoms with Crippen LogP contribution in [0.4, 0.5) is 8.78 Å². The molecular weight excluding hydrogens is 298 g/mol. The average molecular weight is 318 g/mol. The molecule has 2 rings (SSSR count). The molecule has 0 unspecified atom stereocenters. The van der Waals surface area contributed by atoms with Gasteiger partial charge in [0.05, 0.1) is 4.90 Å². The van der Waals surface area contributed by atoms with Gasteiger partial charge in [-0.1, -0.05) is 6.92 Å². The Hall–Kier alpha value is -1.05. The molecule has 118 valence electrons. The third-order valence-electron chi connectivity index (χ3n) is 3.75. The molecule has 1 aromatic carbocycles. The highest BCUT2D eigenvalue weighted by atomic mass is 32.2. The second-order valence-electron chi connectivity index (χ2n) is 5.25. The molecule has 1 aromatic rings. The van der Waals surface area contributed by atoms with Gasteiger partial charge in [0.15, 0.2) is 0 Å². The Kier molecular flexibility index (Phi) is 5.29. The van der Waals surface area contributed by atoms with Crippen molar-refractivity contribution >= 4 is 10.0 Å². The molecule has 1 aliphatic rings. The van der Waals surface area contributed by atoms with E-state index in [-0.39, 0.29) is 17.4 Å². The summed E-state index contributed by atoms with van der Waals surface area (Å²) in [6, 6.07) is 2.40. The summed E-state index contributed by atoms with van der Waals surface area (Å²) in [6.45, 7) is 4.14. The van der Waals surface area contributed by atoms with E-state index < -0.39 is 21.7 Å². The predicted octanol–water partition coefficient (Wildman–Crippen LogP) is 1.97. The number of halogens is 2. The first-order valence-electron chi connectivity index (χ1n) is 7.10. The van der Waals surface area contributed by atoms with Gasteiger partial charge >= 0.3 is 0 Å². The molecule has 1 heterocycles. The van der Waals surface area contributed by atoms with Crippen molar-refractivity contribution in [3.63, 3.8) is 0 Å². The van der Waals surface area contributed by atoms with Gasteiger partial charge in [0.2, 0.25) is 10.0 Å². The number of nitrogens with one attached hydrogen (secondary N) is 1. The Morgan fingerprint density at radius 2 is 1.76 bits per heavy atom. The molecule has 0 aliphatic carbocycles. The summed E-state index contributed by atoms with van der Waals surface area (Å²) < 4.78 is 52.8. The van der Waals surface area contributed by atoms with Gasteiger partial charge < -0.3 is 5.32 Å². The van der Waals surface area contributed by atoms with Crippen molar-refractivity contribution in [2.75, 3.05) is 26.2 Å². The maximum absolute atomic E-state index is 13.3. The van der Waals surface area contributed by atoms with Crippen LogP contribution in [0, 0.1) is 17.6 Å². The quantitative estimate of drug-likeness (QED) is 0.903. The van der Waals surface area contributed by atoms with Gasteiger partial charge in [-0.25, -0.2) is 17.2 Å². The summed E-state index contributed by atoms with van der Waals surface area (Å²) in [7, 11) is -3.86. The van der Waals surface area contributed by atoms with Crippen molar-refractivity contribution in [2.45, 2.75) is 24.7 Å². The number of piperidine rings is 1. The molecule has 0 radical (unpaired) electrons. The second kappa shape index (κ2) is 6.81. The standard InChI is InChI=1S/C14H20F2N2O2S/c1-2-18(10-11-3-5-17-6-4-11)21(19,20)14-8-12(15)7-13(16)9-14/h7-9,11,17H,2-6,10H2,1H3. The van der Waals surface area contributed by atoms with Crippen molar-refractivity contribution < 1.29 is 17.2 Å². The highest BCUT2D eigenvalue weighted by molar-refractivity contribution is 7.89. The van der Waals surface area contributed by atoms with Crippen LogP contribution in [0.25, 0.3) is 0 Å². The normalized spacial score (nSPS) is 17.3. The first-order chi connectivity index (χ1) is 9.93. The average Bonchev–Trinajstić information content (AvgIpc) is 2.44. The summed E-state index contributed by atoms with van der Waals surface area (Å²) in [4.78, 5) is -0.323. The Morgan fingerprint density at radius 1 is 1.19 bits per heavy atom. The minimum atomic E-state index is -3.86. The van der Waals surface area contributed by atoms with Gasteiger partial charge in [-0.15, -0.1) is 0 Å². The van der Waals surface area contributed by atoms with E-state index in [0.717, 1.165) is 38.1 Å². The van der Waals surface area contributed by atoms with Crippen molar-refractivity contribution in [3.05, 3.63) is 29.8 Å². The van der Waals surface area contributed by atoms with Crippen LogP contribution < -0.4 is 5.32 Å². The monoisotopic (exact) mass is 318 g/mol. The fourth-order valence-corrected chi connectivity index (χ4v) is 4.14. The van der Waals surface area contributed by atoms with E-state index in [2.05, 4.69) is 5.32 Å². The number of hydrogen-bond donors (Lipinski definition) is 1. The smallest absolute Gasteiger partial charge is 0.243 e. The Labute approximate surface area is 124 Å². The summed E-state index contributed by atoms with van der Waals surface area (Å²) in [5, 5.41) is 3.22. The Bertz CT molecular complexity index is 566. The molecular formula is C14H20F2N2O2S. The van der Waals surface area contributed by atoms with Gasteiger partial charge in [0.25, 0.3) is 0 Å². The second-order valence-corrected chi connectivity index (χ2v) is 7.19. The van der Waals surface area contributed by atoms with Crippen molar-refractivity contribution in [1.29, 1.82) is 0 Å². The molecule has 0 aromatic heterocycles. The summed E-state index contributed by atoms with van der Waals surface area (Å²) in [6.07, 6.45) is 1.81. The van der Waals surface area contributed by atoms with Gasteiger partial charge in [-0.2, -0.15) is 4.31 Å². The minimum Gasteiger partial charge on any atom is -0.317 e. The number of rotatable bonds is 5. The molecule has 0 spiro atoms. The van der Waals surface area contributed by atoms with Crippen LogP contribution in [0.3, 0.4) is 0 Å². The van der Waals surface area contributed by atoms with Crippen molar-refractivity contribution in [3.8, 4) is 0 Å². The molecule has 0 amide bonds. The molecule has 1 aliphatic heterocycles. The maximum Gasteiger partial charge on any atom is 0.243 e. The number of hydrogen-bond acceptors (Lipinski definition) is 3. The van der Waals surface area contributed by atoms with E-state index in [1.807, 2.05) is 0 Å². The molecule has 0 saturated carbocycles. The van der Waals surface area contributed by atoms with Crippen LogP contribution in [0.2, 0.25) is 0 Å². The summed E-state index contributed by atoms with van der Waals surface area (Å²) in [5.41, 5.74) is 0. The molecule has 1 saturated heterocycles. The largest absolute Gasteiger partial charge is 0.317 e. The van der Waals surface area contributed by atoms with Gasteiger partial charge in [0.1, 0.15) is 11.6 Å². The van der Waals surface area contributed by atoms with E-state index in [0.29, 0.717) is 12.6 Å². The molecule has 0 bridgehead atoms. The van der Waals surface area contributed by atoms with E-state index in [9.17, 15) is 17.2 Å². The molecule has 1 fully saturated rings. The molecule has 1 N–H and O–H groups in total. The lowest BCUT2D eigenvalue weighted by atomic mass is 9.98. The lowest BCUT2D eigenvalue weighted by Crippen LogP contribution is -2.39. The van der Waals surface area contributed by atoms with Crippen LogP contribution in [0.15, 0.2) is 23.1 Å². The van der Waals surface area contributed by atoms with E-state index in [4.69, 9.17) is 0 Å². The van der Waals surface area contributed by atoms with E-state index in [1.54, 1.807) is 6.92 Å². The fourth-order valence-electron chi connectivity index (χ4n) is 2.58. The van der Waals surface area contributed by atoms with Gasteiger partial charge in [0, 0.05) is 19.2 Å². The highest BCUT2D eigenvalue weighted by Gasteiger charge is 2.27. The van der Waals surface area contributed by atoms with Gasteiger partial charge in [-0.05, 0) is 44.0 Å². The lowest BCUT2D eigenvalue weighted by molar-refractivity contribution is 0.294. The first-order valence-corrected chi connectivity index (χ1v) is 8.54. The van der Waals surface area contributed by atoms with E-state index in [1.165, 1.54) is 4.31 Å². The summed E-state index contributed by atoms with van der Waals surface area (Å²) >= 11 is 0. The number of benzene rings is 1. The minimum absolute atomic E-state index is 0.277. The van der Waals surface area contributed by atoms with Crippen LogP contribution >= 0.6 is 0 Å². The van der Waals surface area contributed by atoms with Crippen molar-refractivity contribution in [2.24, 2.45) is 5.92 Å². The van der Waals surface area contributed by atoms with Crippen LogP contribution in [-0.2, 0) is 10.0 Å². The zero-order valence-electron chi connectivity index (χ0n) is 12.0. The van der Waals surface area contributed by atoms with Crippen LogP contribution in [0.5, 0.6) is 0 Å². The fraction of sp³-hybridized carbons (Fsp3) is 0.571. The highest BCUT2D eigenvalue weighted by Crippen LogP contribution is 2.22. The molecule has 21 heavy (non-hydrogen) atoms. The van der Waals surface area contributed by atoms with Gasteiger partial charge in [-0.3, -0.25) is 0 Å². The zero-order valence-corrected chi connectivity index (χ0v) is 12.8. The zero-order chi connectivity index (χ0) is 15.5. The SMILES string of the molecule is CCN(CC1CCNCC1)S(=O)(=O)c1cc(F)cc(F)c1. The first kappa shape index (κ1) is 16.3. The van der Waals surface area contributed by atoms with Crippen molar-refractivity contribution in [1.82, 2.24) is 9.62 Å². The van der Waals surface area contributed by atoms with Crippen LogP contribution in [0.1, 0.15) is 19.8 Å². The number of sulfonamides is 1. The predicted molar refractivity (Wildman–Crippen MR) is 76.4 cm³/mol. The molecule has 0 atom stereocenters. The Morgan fingerprint density at radius 3 is 2.29 bits per heavy atom. The molecule has 7 heteroatoms. The Balaban J connectivity index is 2.22. The maximum atomic E-state index is 13.3. The number of nitrogens with zero attached hydrogens (tertiary/aromatic N) is 1. The van der Waals surface area contributed by atoms with Crippen LogP contribution in [-0.4, -0.2) is 38.9 Å².